The number of hydrogen-bond donors (Lipinski definition) is 1. The number of nitrogens with two attached hydrogens (primary N) is 1. The van der Waals surface area contributed by atoms with Crippen molar-refractivity contribution in [1.82, 2.24) is 10.1 Å². The smallest absolute Gasteiger partial charge is 0.264 e. The standard InChI is InChI=1S/C14H15F2N3O2.ClH/c15-9-3-4-11(10(16)7-9)20-8-12-18-13(19-21-12)14(17)5-1-2-6-14;/h3-4,7H,1-2,5-6,8,17H2;1H. The molecule has 3 rings (SSSR count). The van der Waals surface area contributed by atoms with Crippen molar-refractivity contribution >= 4 is 12.4 Å². The third kappa shape index (κ3) is 3.36. The van der Waals surface area contributed by atoms with Crippen molar-refractivity contribution in [2.75, 3.05) is 0 Å². The number of aromatic nitrogens is 2. The van der Waals surface area contributed by atoms with E-state index >= 15 is 0 Å². The predicted octanol–water partition coefficient (Wildman–Crippen LogP) is 3.08. The van der Waals surface area contributed by atoms with E-state index in [1.807, 2.05) is 0 Å². The molecule has 22 heavy (non-hydrogen) atoms. The number of ether oxygens (including phenoxy) is 1. The van der Waals surface area contributed by atoms with Crippen molar-refractivity contribution in [3.63, 3.8) is 0 Å². The Kier molecular flexibility index (Phi) is 4.97. The Morgan fingerprint density at radius 3 is 2.68 bits per heavy atom. The Balaban J connectivity index is 0.00000176. The number of nitrogens with zero attached hydrogens (tertiary/aromatic N) is 2. The Bertz CT molecular complexity index is 645. The first-order chi connectivity index (χ1) is 10.1. The van der Waals surface area contributed by atoms with Gasteiger partial charge in [0, 0.05) is 6.07 Å². The van der Waals surface area contributed by atoms with Gasteiger partial charge in [0.2, 0.25) is 0 Å². The van der Waals surface area contributed by atoms with E-state index in [4.69, 9.17) is 15.0 Å². The minimum atomic E-state index is -0.777. The van der Waals surface area contributed by atoms with E-state index in [0.29, 0.717) is 5.82 Å². The monoisotopic (exact) mass is 331 g/mol. The molecule has 8 heteroatoms. The number of hydrogen-bond acceptors (Lipinski definition) is 5. The maximum Gasteiger partial charge on any atom is 0.264 e. The van der Waals surface area contributed by atoms with Gasteiger partial charge < -0.3 is 15.0 Å². The molecule has 1 aliphatic carbocycles. The Morgan fingerprint density at radius 1 is 1.27 bits per heavy atom. The van der Waals surface area contributed by atoms with Crippen LogP contribution in [0.4, 0.5) is 8.78 Å². The number of benzene rings is 1. The molecule has 1 aromatic heterocycles. The summed E-state index contributed by atoms with van der Waals surface area (Å²) >= 11 is 0. The quantitative estimate of drug-likeness (QED) is 0.932. The minimum Gasteiger partial charge on any atom is -0.481 e. The van der Waals surface area contributed by atoms with Crippen LogP contribution in [0.15, 0.2) is 22.7 Å². The van der Waals surface area contributed by atoms with Crippen LogP contribution < -0.4 is 10.5 Å². The van der Waals surface area contributed by atoms with Crippen molar-refractivity contribution in [1.29, 1.82) is 0 Å². The summed E-state index contributed by atoms with van der Waals surface area (Å²) in [6.45, 7) is -0.0916. The van der Waals surface area contributed by atoms with E-state index < -0.39 is 17.2 Å². The van der Waals surface area contributed by atoms with E-state index in [1.54, 1.807) is 0 Å². The summed E-state index contributed by atoms with van der Waals surface area (Å²) in [5, 5.41) is 3.87. The Labute approximate surface area is 132 Å². The van der Waals surface area contributed by atoms with Crippen LogP contribution in [0, 0.1) is 11.6 Å². The highest BCUT2D eigenvalue weighted by atomic mass is 35.5. The second-order valence-electron chi connectivity index (χ2n) is 5.24. The topological polar surface area (TPSA) is 74.2 Å². The summed E-state index contributed by atoms with van der Waals surface area (Å²) < 4.78 is 36.5. The van der Waals surface area contributed by atoms with Gasteiger partial charge in [-0.2, -0.15) is 4.98 Å². The first-order valence-electron chi connectivity index (χ1n) is 6.77. The molecule has 120 valence electrons. The molecular formula is C14H16ClF2N3O2. The average Bonchev–Trinajstić information content (AvgIpc) is 3.08. The van der Waals surface area contributed by atoms with Crippen LogP contribution in [0.2, 0.25) is 0 Å². The lowest BCUT2D eigenvalue weighted by Gasteiger charge is -2.17. The first-order valence-corrected chi connectivity index (χ1v) is 6.77. The molecule has 5 nitrogen and oxygen atoms in total. The molecule has 2 N–H and O–H groups in total. The molecular weight excluding hydrogens is 316 g/mol. The molecule has 1 heterocycles. The second kappa shape index (κ2) is 6.58. The fourth-order valence-corrected chi connectivity index (χ4v) is 2.48. The molecule has 1 aliphatic rings. The molecule has 1 saturated carbocycles. The van der Waals surface area contributed by atoms with Crippen LogP contribution >= 0.6 is 12.4 Å². The second-order valence-corrected chi connectivity index (χ2v) is 5.24. The fraction of sp³-hybridized carbons (Fsp3) is 0.429. The van der Waals surface area contributed by atoms with E-state index in [2.05, 4.69) is 10.1 Å². The van der Waals surface area contributed by atoms with E-state index in [0.717, 1.165) is 37.8 Å². The van der Waals surface area contributed by atoms with Gasteiger partial charge in [0.25, 0.3) is 5.89 Å². The van der Waals surface area contributed by atoms with Crippen LogP contribution in [0.25, 0.3) is 0 Å². The highest BCUT2D eigenvalue weighted by Crippen LogP contribution is 2.34. The Morgan fingerprint density at radius 2 is 2.00 bits per heavy atom. The molecule has 0 radical (unpaired) electrons. The average molecular weight is 332 g/mol. The Hall–Kier alpha value is -1.73. The summed E-state index contributed by atoms with van der Waals surface area (Å²) in [6.07, 6.45) is 3.72. The zero-order valence-corrected chi connectivity index (χ0v) is 12.5. The molecule has 1 aromatic carbocycles. The molecule has 0 spiro atoms. The van der Waals surface area contributed by atoms with Crippen molar-refractivity contribution < 1.29 is 18.0 Å². The predicted molar refractivity (Wildman–Crippen MR) is 76.6 cm³/mol. The van der Waals surface area contributed by atoms with E-state index in [1.165, 1.54) is 6.07 Å². The summed E-state index contributed by atoms with van der Waals surface area (Å²) in [5.41, 5.74) is 5.68. The van der Waals surface area contributed by atoms with Crippen molar-refractivity contribution in [2.45, 2.75) is 37.8 Å². The normalized spacial score (nSPS) is 16.3. The van der Waals surface area contributed by atoms with Crippen molar-refractivity contribution in [3.8, 4) is 5.75 Å². The fourth-order valence-electron chi connectivity index (χ4n) is 2.48. The zero-order valence-electron chi connectivity index (χ0n) is 11.7. The van der Waals surface area contributed by atoms with Crippen molar-refractivity contribution in [2.24, 2.45) is 5.73 Å². The van der Waals surface area contributed by atoms with Crippen LogP contribution in [-0.2, 0) is 12.1 Å². The zero-order chi connectivity index (χ0) is 14.9. The van der Waals surface area contributed by atoms with Gasteiger partial charge in [-0.05, 0) is 25.0 Å². The molecule has 0 amide bonds. The van der Waals surface area contributed by atoms with Gasteiger partial charge >= 0.3 is 0 Å². The van der Waals surface area contributed by atoms with Crippen molar-refractivity contribution in [3.05, 3.63) is 41.5 Å². The summed E-state index contributed by atoms with van der Waals surface area (Å²) in [6, 6.07) is 3.08. The van der Waals surface area contributed by atoms with Crippen LogP contribution in [0.3, 0.4) is 0 Å². The third-order valence-corrected chi connectivity index (χ3v) is 3.65. The molecule has 2 aromatic rings. The maximum absolute atomic E-state index is 13.4. The summed E-state index contributed by atoms with van der Waals surface area (Å²) in [4.78, 5) is 4.20. The number of halogens is 3. The van der Waals surface area contributed by atoms with Gasteiger partial charge in [-0.15, -0.1) is 12.4 Å². The van der Waals surface area contributed by atoms with Gasteiger partial charge in [-0.3, -0.25) is 0 Å². The van der Waals surface area contributed by atoms with Crippen LogP contribution in [0.5, 0.6) is 5.75 Å². The SMILES string of the molecule is Cl.NC1(c2noc(COc3ccc(F)cc3F)n2)CCCC1. The van der Waals surface area contributed by atoms with Gasteiger partial charge in [0.15, 0.2) is 24.0 Å². The molecule has 0 aliphatic heterocycles. The van der Waals surface area contributed by atoms with E-state index in [-0.39, 0.29) is 30.7 Å². The van der Waals surface area contributed by atoms with Gasteiger partial charge in [0.1, 0.15) is 5.82 Å². The van der Waals surface area contributed by atoms with Crippen LogP contribution in [0.1, 0.15) is 37.4 Å². The minimum absolute atomic E-state index is 0. The third-order valence-electron chi connectivity index (χ3n) is 3.65. The molecule has 1 fully saturated rings. The highest BCUT2D eigenvalue weighted by Gasteiger charge is 2.35. The lowest BCUT2D eigenvalue weighted by Crippen LogP contribution is -2.34. The van der Waals surface area contributed by atoms with E-state index in [9.17, 15) is 8.78 Å². The molecule has 0 atom stereocenters. The largest absolute Gasteiger partial charge is 0.481 e. The molecule has 0 bridgehead atoms. The first kappa shape index (κ1) is 16.6. The lowest BCUT2D eigenvalue weighted by molar-refractivity contribution is 0.233. The lowest BCUT2D eigenvalue weighted by atomic mass is 9.99. The number of rotatable bonds is 4. The summed E-state index contributed by atoms with van der Waals surface area (Å²) in [5.74, 6) is -0.838. The molecule has 0 saturated heterocycles. The van der Waals surface area contributed by atoms with Gasteiger partial charge in [-0.25, -0.2) is 8.78 Å². The summed E-state index contributed by atoms with van der Waals surface area (Å²) in [7, 11) is 0. The van der Waals surface area contributed by atoms with Crippen LogP contribution in [-0.4, -0.2) is 10.1 Å². The van der Waals surface area contributed by atoms with Gasteiger partial charge in [0.05, 0.1) is 5.54 Å². The highest BCUT2D eigenvalue weighted by molar-refractivity contribution is 5.85. The molecule has 0 unspecified atom stereocenters. The van der Waals surface area contributed by atoms with Gasteiger partial charge in [-0.1, -0.05) is 18.0 Å². The maximum atomic E-state index is 13.4.